The summed E-state index contributed by atoms with van der Waals surface area (Å²) in [6.07, 6.45) is -1.33. The van der Waals surface area contributed by atoms with Gasteiger partial charge < -0.3 is 5.32 Å². The van der Waals surface area contributed by atoms with Crippen LogP contribution >= 0.6 is 0 Å². The fourth-order valence-corrected chi connectivity index (χ4v) is 1.29. The monoisotopic (exact) mass is 183 g/mol. The molecule has 1 atom stereocenters. The average molecular weight is 183 g/mol. The van der Waals surface area contributed by atoms with Crippen molar-refractivity contribution < 1.29 is 7.54 Å². The third kappa shape index (κ3) is 1.62. The first-order valence-electron chi connectivity index (χ1n) is 5.51. The van der Waals surface area contributed by atoms with Crippen LogP contribution in [-0.2, 0) is 4.79 Å². The van der Waals surface area contributed by atoms with Crippen molar-refractivity contribution in [1.29, 1.82) is 0 Å². The van der Waals surface area contributed by atoms with E-state index in [9.17, 15) is 4.79 Å². The Morgan fingerprint density at radius 1 is 1.62 bits per heavy atom. The van der Waals surface area contributed by atoms with E-state index in [4.69, 9.17) is 2.74 Å². The van der Waals surface area contributed by atoms with Crippen molar-refractivity contribution in [3.63, 3.8) is 0 Å². The molecule has 1 saturated heterocycles. The lowest BCUT2D eigenvalue weighted by molar-refractivity contribution is -0.137. The van der Waals surface area contributed by atoms with Gasteiger partial charge in [0.2, 0.25) is 5.91 Å². The maximum Gasteiger partial charge on any atom is 0.230 e. The molecule has 0 aliphatic carbocycles. The van der Waals surface area contributed by atoms with E-state index in [2.05, 4.69) is 11.9 Å². The van der Waals surface area contributed by atoms with E-state index >= 15 is 0 Å². The highest BCUT2D eigenvalue weighted by Crippen LogP contribution is 2.44. The summed E-state index contributed by atoms with van der Waals surface area (Å²) in [6.45, 7) is 11.2. The molecule has 0 aromatic heterocycles. The highest BCUT2D eigenvalue weighted by Gasteiger charge is 2.45. The fourth-order valence-electron chi connectivity index (χ4n) is 1.29. The van der Waals surface area contributed by atoms with Gasteiger partial charge in [-0.25, -0.2) is 0 Å². The molecular weight excluding hydrogens is 162 g/mol. The fraction of sp³-hybridized carbons (Fsp3) is 0.727. The van der Waals surface area contributed by atoms with Crippen LogP contribution in [0.5, 0.6) is 0 Å². The molecule has 0 spiro atoms. The van der Waals surface area contributed by atoms with Crippen LogP contribution in [0.3, 0.4) is 0 Å². The summed E-state index contributed by atoms with van der Waals surface area (Å²) in [5.74, 6) is -0.130. The molecule has 1 unspecified atom stereocenters. The van der Waals surface area contributed by atoms with E-state index in [1.807, 2.05) is 27.7 Å². The van der Waals surface area contributed by atoms with Gasteiger partial charge in [-0.3, -0.25) is 4.79 Å². The molecule has 1 rings (SSSR count). The van der Waals surface area contributed by atoms with Gasteiger partial charge in [0.25, 0.3) is 0 Å². The SMILES string of the molecule is [2H]C1([2H])CC(C)(C(C)(C)C)C(=O)NC1=C. The maximum absolute atomic E-state index is 11.9. The minimum absolute atomic E-state index is 0.130. The molecule has 1 heterocycles. The third-order valence-corrected chi connectivity index (χ3v) is 3.08. The first-order chi connectivity index (χ1) is 6.51. The lowest BCUT2D eigenvalue weighted by atomic mass is 9.63. The van der Waals surface area contributed by atoms with Crippen molar-refractivity contribution in [3.05, 3.63) is 12.3 Å². The summed E-state index contributed by atoms with van der Waals surface area (Å²) in [7, 11) is 0. The van der Waals surface area contributed by atoms with Gasteiger partial charge in [0.1, 0.15) is 0 Å². The van der Waals surface area contributed by atoms with Gasteiger partial charge in [-0.05, 0) is 18.2 Å². The first kappa shape index (κ1) is 7.60. The zero-order valence-corrected chi connectivity index (χ0v) is 8.82. The van der Waals surface area contributed by atoms with Crippen LogP contribution in [-0.4, -0.2) is 5.91 Å². The summed E-state index contributed by atoms with van der Waals surface area (Å²) in [4.78, 5) is 11.9. The minimum atomic E-state index is -1.52. The highest BCUT2D eigenvalue weighted by molar-refractivity contribution is 5.85. The van der Waals surface area contributed by atoms with E-state index < -0.39 is 11.8 Å². The van der Waals surface area contributed by atoms with E-state index in [1.54, 1.807) is 0 Å². The zero-order valence-electron chi connectivity index (χ0n) is 10.8. The van der Waals surface area contributed by atoms with Gasteiger partial charge in [0.15, 0.2) is 0 Å². The van der Waals surface area contributed by atoms with E-state index in [0.717, 1.165) is 0 Å². The number of nitrogens with one attached hydrogen (secondary N) is 1. The lowest BCUT2D eigenvalue weighted by Gasteiger charge is -2.43. The summed E-state index contributed by atoms with van der Waals surface area (Å²) in [5, 5.41) is 2.56. The molecule has 2 heteroatoms. The van der Waals surface area contributed by atoms with Gasteiger partial charge in [-0.1, -0.05) is 34.3 Å². The number of carbonyl (C=O) groups is 1. The Balaban J connectivity index is 3.13. The number of hydrogen-bond donors (Lipinski definition) is 1. The first-order valence-corrected chi connectivity index (χ1v) is 4.51. The number of hydrogen-bond acceptors (Lipinski definition) is 1. The second-order valence-electron chi connectivity index (χ2n) is 4.87. The van der Waals surface area contributed by atoms with Gasteiger partial charge in [-0.15, -0.1) is 0 Å². The Kier molecular flexibility index (Phi) is 1.67. The highest BCUT2D eigenvalue weighted by atomic mass is 16.2. The van der Waals surface area contributed by atoms with Gasteiger partial charge in [0, 0.05) is 8.44 Å². The Morgan fingerprint density at radius 3 is 2.62 bits per heavy atom. The Hall–Kier alpha value is -0.790. The van der Waals surface area contributed by atoms with Gasteiger partial charge in [0.05, 0.1) is 5.41 Å². The molecular formula is C11H19NO. The van der Waals surface area contributed by atoms with Crippen LogP contribution in [0.15, 0.2) is 12.3 Å². The van der Waals surface area contributed by atoms with E-state index in [-0.39, 0.29) is 23.4 Å². The van der Waals surface area contributed by atoms with Crippen molar-refractivity contribution in [2.24, 2.45) is 10.8 Å². The molecule has 1 aliphatic heterocycles. The maximum atomic E-state index is 11.9. The number of allylic oxidation sites excluding steroid dienone is 1. The summed E-state index contributed by atoms with van der Waals surface area (Å²) in [6, 6.07) is 0. The van der Waals surface area contributed by atoms with E-state index in [0.29, 0.717) is 0 Å². The number of carbonyl (C=O) groups excluding carboxylic acids is 1. The second kappa shape index (κ2) is 2.86. The smallest absolute Gasteiger partial charge is 0.230 e. The van der Waals surface area contributed by atoms with Crippen molar-refractivity contribution in [2.45, 2.75) is 40.5 Å². The topological polar surface area (TPSA) is 29.1 Å². The van der Waals surface area contributed by atoms with Crippen LogP contribution in [0.25, 0.3) is 0 Å². The predicted octanol–water partition coefficient (Wildman–Crippen LogP) is 2.46. The molecule has 1 N–H and O–H groups in total. The predicted molar refractivity (Wildman–Crippen MR) is 54.1 cm³/mol. The largest absolute Gasteiger partial charge is 0.330 e. The molecule has 1 amide bonds. The second-order valence-corrected chi connectivity index (χ2v) is 4.87. The Bertz CT molecular complexity index is 317. The Morgan fingerprint density at radius 2 is 2.15 bits per heavy atom. The number of rotatable bonds is 0. The molecule has 13 heavy (non-hydrogen) atoms. The standard InChI is InChI=1S/C11H19NO/c1-8-6-7-11(5,9(13)12-8)10(2,3)4/h1,6-7H2,2-5H3,(H,12,13)/i6D2. The molecule has 1 fully saturated rings. The van der Waals surface area contributed by atoms with Crippen LogP contribution < -0.4 is 5.32 Å². The molecule has 1 aliphatic rings. The van der Waals surface area contributed by atoms with Crippen LogP contribution in [0.2, 0.25) is 0 Å². The van der Waals surface area contributed by atoms with Gasteiger partial charge in [-0.2, -0.15) is 0 Å². The molecule has 0 aromatic carbocycles. The van der Waals surface area contributed by atoms with E-state index in [1.165, 1.54) is 0 Å². The normalized spacial score (nSPS) is 36.3. The zero-order chi connectivity index (χ0) is 12.1. The van der Waals surface area contributed by atoms with Gasteiger partial charge >= 0.3 is 0 Å². The molecule has 0 bridgehead atoms. The van der Waals surface area contributed by atoms with Crippen molar-refractivity contribution in [1.82, 2.24) is 5.32 Å². The summed E-state index contributed by atoms with van der Waals surface area (Å²) >= 11 is 0. The van der Waals surface area contributed by atoms with Crippen molar-refractivity contribution >= 4 is 5.91 Å². The quantitative estimate of drug-likeness (QED) is 0.614. The third-order valence-electron chi connectivity index (χ3n) is 3.08. The summed E-state index contributed by atoms with van der Waals surface area (Å²) < 4.78 is 15.6. The van der Waals surface area contributed by atoms with Crippen LogP contribution in [0.4, 0.5) is 0 Å². The lowest BCUT2D eigenvalue weighted by Crippen LogP contribution is -2.49. The average Bonchev–Trinajstić information content (AvgIpc) is 1.98. The van der Waals surface area contributed by atoms with Crippen LogP contribution in [0.1, 0.15) is 43.2 Å². The summed E-state index contributed by atoms with van der Waals surface area (Å²) in [5.41, 5.74) is -0.794. The Labute approximate surface area is 83.2 Å². The molecule has 74 valence electrons. The molecule has 2 nitrogen and oxygen atoms in total. The molecule has 0 aromatic rings. The van der Waals surface area contributed by atoms with Crippen molar-refractivity contribution in [2.75, 3.05) is 0 Å². The molecule has 0 radical (unpaired) electrons. The van der Waals surface area contributed by atoms with Crippen molar-refractivity contribution in [3.8, 4) is 0 Å². The molecule has 0 saturated carbocycles. The van der Waals surface area contributed by atoms with Crippen LogP contribution in [0, 0.1) is 10.8 Å². The minimum Gasteiger partial charge on any atom is -0.330 e. The number of piperidine rings is 1. The number of amides is 1.